The number of aromatic nitrogens is 2. The number of carbonyl (C=O) groups is 1. The van der Waals surface area contributed by atoms with Gasteiger partial charge in [-0.1, -0.05) is 32.0 Å². The van der Waals surface area contributed by atoms with E-state index in [0.29, 0.717) is 31.4 Å². The molecule has 6 nitrogen and oxygen atoms in total. The zero-order chi connectivity index (χ0) is 24.4. The topological polar surface area (TPSA) is 77.5 Å². The summed E-state index contributed by atoms with van der Waals surface area (Å²) >= 11 is 0. The number of hydrogen-bond acceptors (Lipinski definition) is 4. The molecule has 0 spiro atoms. The molecule has 0 amide bonds. The monoisotopic (exact) mass is 460 g/mol. The van der Waals surface area contributed by atoms with E-state index in [4.69, 9.17) is 14.1 Å². The molecule has 0 saturated carbocycles. The van der Waals surface area contributed by atoms with Crippen LogP contribution in [0.1, 0.15) is 55.0 Å². The Bertz CT molecular complexity index is 1300. The van der Waals surface area contributed by atoms with Crippen molar-refractivity contribution in [1.82, 2.24) is 9.55 Å². The molecule has 2 heterocycles. The van der Waals surface area contributed by atoms with Gasteiger partial charge in [-0.25, -0.2) is 9.78 Å². The Morgan fingerprint density at radius 2 is 1.85 bits per heavy atom. The highest BCUT2D eigenvalue weighted by molar-refractivity contribution is 5.82. The van der Waals surface area contributed by atoms with Crippen LogP contribution in [0, 0.1) is 13.8 Å². The van der Waals surface area contributed by atoms with Crippen molar-refractivity contribution in [3.8, 4) is 11.5 Å². The fraction of sp³-hybridized carbons (Fsp3) is 0.357. The van der Waals surface area contributed by atoms with Crippen LogP contribution in [0.2, 0.25) is 0 Å². The number of oxazole rings is 1. The summed E-state index contributed by atoms with van der Waals surface area (Å²) in [7, 11) is 0. The minimum absolute atomic E-state index is 0.338. The molecule has 0 radical (unpaired) electrons. The minimum Gasteiger partial charge on any atom is -0.479 e. The van der Waals surface area contributed by atoms with Gasteiger partial charge in [0.1, 0.15) is 11.5 Å². The van der Waals surface area contributed by atoms with Crippen molar-refractivity contribution in [3.05, 3.63) is 76.8 Å². The molecule has 34 heavy (non-hydrogen) atoms. The van der Waals surface area contributed by atoms with Crippen molar-refractivity contribution in [3.63, 3.8) is 0 Å². The van der Waals surface area contributed by atoms with Crippen LogP contribution < -0.4 is 0 Å². The largest absolute Gasteiger partial charge is 0.479 e. The Kier molecular flexibility index (Phi) is 6.89. The van der Waals surface area contributed by atoms with Gasteiger partial charge in [-0.05, 0) is 68.1 Å². The van der Waals surface area contributed by atoms with Gasteiger partial charge >= 0.3 is 5.97 Å². The lowest BCUT2D eigenvalue weighted by Crippen LogP contribution is -2.26. The zero-order valence-electron chi connectivity index (χ0n) is 20.5. The SMILES string of the molecule is CCOC(Cc1ccc2c(c1)cc(C)n2Cc1nc(-c2ccc(C(C)C)cc2)oc1C)C(=O)O. The second-order valence-electron chi connectivity index (χ2n) is 9.05. The minimum atomic E-state index is -0.938. The predicted octanol–water partition coefficient (Wildman–Crippen LogP) is 6.12. The quantitative estimate of drug-likeness (QED) is 0.326. The highest BCUT2D eigenvalue weighted by atomic mass is 16.5. The molecule has 0 saturated heterocycles. The zero-order valence-corrected chi connectivity index (χ0v) is 20.5. The normalized spacial score (nSPS) is 12.5. The maximum absolute atomic E-state index is 11.5. The first-order valence-corrected chi connectivity index (χ1v) is 11.8. The van der Waals surface area contributed by atoms with Crippen LogP contribution in [0.15, 0.2) is 52.9 Å². The first-order valence-electron chi connectivity index (χ1n) is 11.8. The number of fused-ring (bicyclic) bond motifs is 1. The molecule has 6 heteroatoms. The second-order valence-corrected chi connectivity index (χ2v) is 9.05. The number of aryl methyl sites for hydroxylation is 2. The number of hydrogen-bond donors (Lipinski definition) is 1. The average Bonchev–Trinajstić information content (AvgIpc) is 3.32. The third-order valence-electron chi connectivity index (χ3n) is 6.26. The number of nitrogens with zero attached hydrogens (tertiary/aromatic N) is 2. The number of rotatable bonds is 9. The lowest BCUT2D eigenvalue weighted by Gasteiger charge is -2.12. The summed E-state index contributed by atoms with van der Waals surface area (Å²) in [5, 5.41) is 10.5. The molecule has 4 rings (SSSR count). The summed E-state index contributed by atoms with van der Waals surface area (Å²) in [5.74, 6) is 0.985. The third kappa shape index (κ3) is 4.92. The van der Waals surface area contributed by atoms with Gasteiger partial charge in [0.25, 0.3) is 0 Å². The van der Waals surface area contributed by atoms with E-state index in [0.717, 1.165) is 39.2 Å². The third-order valence-corrected chi connectivity index (χ3v) is 6.26. The van der Waals surface area contributed by atoms with Crippen molar-refractivity contribution in [2.45, 2.75) is 59.6 Å². The van der Waals surface area contributed by atoms with Crippen molar-refractivity contribution in [1.29, 1.82) is 0 Å². The molecule has 1 atom stereocenters. The summed E-state index contributed by atoms with van der Waals surface area (Å²) in [6, 6.07) is 16.6. The second kappa shape index (κ2) is 9.85. The van der Waals surface area contributed by atoms with Gasteiger partial charge in [0.15, 0.2) is 6.10 Å². The van der Waals surface area contributed by atoms with Crippen molar-refractivity contribution in [2.24, 2.45) is 0 Å². The molecule has 178 valence electrons. The number of aliphatic carboxylic acids is 1. The van der Waals surface area contributed by atoms with Crippen molar-refractivity contribution >= 4 is 16.9 Å². The molecule has 1 N–H and O–H groups in total. The smallest absolute Gasteiger partial charge is 0.333 e. The average molecular weight is 461 g/mol. The molecule has 0 aliphatic heterocycles. The number of carboxylic acid groups (broad SMARTS) is 1. The van der Waals surface area contributed by atoms with E-state index in [-0.39, 0.29) is 0 Å². The van der Waals surface area contributed by atoms with Gasteiger partial charge in [0.2, 0.25) is 5.89 Å². The summed E-state index contributed by atoms with van der Waals surface area (Å²) in [5.41, 5.74) is 6.29. The molecule has 0 aliphatic carbocycles. The standard InChI is InChI=1S/C28H32N2O4/c1-6-33-26(28(31)32)15-20-7-12-25-23(14-20)13-18(4)30(25)16-24-19(5)34-27(29-24)22-10-8-21(9-11-22)17(2)3/h7-14,17,26H,6,15-16H2,1-5H3,(H,31,32). The Morgan fingerprint density at radius 3 is 2.50 bits per heavy atom. The Balaban J connectivity index is 1.59. The Labute approximate surface area is 200 Å². The first kappa shape index (κ1) is 23.8. The van der Waals surface area contributed by atoms with E-state index >= 15 is 0 Å². The van der Waals surface area contributed by atoms with Crippen LogP contribution >= 0.6 is 0 Å². The maximum Gasteiger partial charge on any atom is 0.333 e. The number of carboxylic acids is 1. The molecule has 0 bridgehead atoms. The van der Waals surface area contributed by atoms with Crippen LogP contribution in [-0.2, 0) is 22.5 Å². The van der Waals surface area contributed by atoms with Gasteiger partial charge in [-0.3, -0.25) is 0 Å². The van der Waals surface area contributed by atoms with E-state index < -0.39 is 12.1 Å². The highest BCUT2D eigenvalue weighted by Gasteiger charge is 2.19. The maximum atomic E-state index is 11.5. The van der Waals surface area contributed by atoms with Crippen molar-refractivity contribution in [2.75, 3.05) is 6.61 Å². The molecule has 2 aromatic heterocycles. The molecule has 0 fully saturated rings. The Morgan fingerprint density at radius 1 is 1.12 bits per heavy atom. The summed E-state index contributed by atoms with van der Waals surface area (Å²) in [6.45, 7) is 11.2. The van der Waals surface area contributed by atoms with E-state index in [1.807, 2.05) is 25.1 Å². The summed E-state index contributed by atoms with van der Waals surface area (Å²) in [4.78, 5) is 16.3. The van der Waals surface area contributed by atoms with Gasteiger partial charge in [0.05, 0.1) is 6.54 Å². The van der Waals surface area contributed by atoms with E-state index in [1.54, 1.807) is 6.92 Å². The lowest BCUT2D eigenvalue weighted by atomic mass is 10.0. The van der Waals surface area contributed by atoms with Crippen LogP contribution in [0.3, 0.4) is 0 Å². The van der Waals surface area contributed by atoms with Gasteiger partial charge in [0, 0.05) is 35.2 Å². The van der Waals surface area contributed by atoms with E-state index in [2.05, 4.69) is 55.7 Å². The number of ether oxygens (including phenoxy) is 1. The van der Waals surface area contributed by atoms with Crippen LogP contribution in [0.5, 0.6) is 0 Å². The van der Waals surface area contributed by atoms with Crippen LogP contribution in [0.4, 0.5) is 0 Å². The number of benzene rings is 2. The fourth-order valence-electron chi connectivity index (χ4n) is 4.29. The molecular weight excluding hydrogens is 428 g/mol. The van der Waals surface area contributed by atoms with Crippen molar-refractivity contribution < 1.29 is 19.1 Å². The molecule has 0 aliphatic rings. The van der Waals surface area contributed by atoms with E-state index in [1.165, 1.54) is 5.56 Å². The van der Waals surface area contributed by atoms with Gasteiger partial charge < -0.3 is 18.8 Å². The van der Waals surface area contributed by atoms with Crippen LogP contribution in [0.25, 0.3) is 22.4 Å². The predicted molar refractivity (Wildman–Crippen MR) is 133 cm³/mol. The van der Waals surface area contributed by atoms with Crippen LogP contribution in [-0.4, -0.2) is 33.3 Å². The molecule has 2 aromatic carbocycles. The Hall–Kier alpha value is -3.38. The van der Waals surface area contributed by atoms with E-state index in [9.17, 15) is 9.90 Å². The molecule has 4 aromatic rings. The highest BCUT2D eigenvalue weighted by Crippen LogP contribution is 2.27. The fourth-order valence-corrected chi connectivity index (χ4v) is 4.29. The lowest BCUT2D eigenvalue weighted by molar-refractivity contribution is -0.149. The summed E-state index contributed by atoms with van der Waals surface area (Å²) < 4.78 is 13.6. The first-order chi connectivity index (χ1) is 16.3. The van der Waals surface area contributed by atoms with Gasteiger partial charge in [-0.15, -0.1) is 0 Å². The molecule has 1 unspecified atom stereocenters. The van der Waals surface area contributed by atoms with Gasteiger partial charge in [-0.2, -0.15) is 0 Å². The summed E-state index contributed by atoms with van der Waals surface area (Å²) in [6.07, 6.45) is -0.499. The molecular formula is C28H32N2O4.